The normalized spacial score (nSPS) is 12.6. The lowest BCUT2D eigenvalue weighted by molar-refractivity contribution is -0.147. The summed E-state index contributed by atoms with van der Waals surface area (Å²) in [5, 5.41) is 2.67. The maximum Gasteiger partial charge on any atom is 0.321 e. The Kier molecular flexibility index (Phi) is 6.64. The average molecular weight is 175 g/mol. The van der Waals surface area contributed by atoms with Gasteiger partial charge in [-0.25, -0.2) is 0 Å². The molecule has 5 N–H and O–H groups in total. The number of nitrogens with two attached hydrogens (primary N) is 2. The molecular formula is C7H17N3O2. The molecule has 0 radical (unpaired) electrons. The Hall–Kier alpha value is -0.650. The summed E-state index contributed by atoms with van der Waals surface area (Å²) in [4.78, 5) is 10.8. The van der Waals surface area contributed by atoms with E-state index in [1.807, 2.05) is 0 Å². The summed E-state index contributed by atoms with van der Waals surface area (Å²) in [6, 6.07) is 0. The van der Waals surface area contributed by atoms with Gasteiger partial charge in [-0.15, -0.1) is 0 Å². The molecule has 0 rings (SSSR count). The van der Waals surface area contributed by atoms with E-state index in [-0.39, 0.29) is 12.5 Å². The quantitative estimate of drug-likeness (QED) is 0.347. The van der Waals surface area contributed by atoms with Crippen molar-refractivity contribution >= 4 is 5.97 Å². The zero-order valence-electron chi connectivity index (χ0n) is 7.38. The van der Waals surface area contributed by atoms with Crippen LogP contribution in [0.25, 0.3) is 0 Å². The highest BCUT2D eigenvalue weighted by Gasteiger charge is 2.07. The molecular weight excluding hydrogens is 158 g/mol. The van der Waals surface area contributed by atoms with Crippen molar-refractivity contribution in [2.75, 3.05) is 20.1 Å². The van der Waals surface area contributed by atoms with Gasteiger partial charge in [-0.3, -0.25) is 10.5 Å². The molecule has 0 aromatic heterocycles. The average Bonchev–Trinajstić information content (AvgIpc) is 2.01. The summed E-state index contributed by atoms with van der Waals surface area (Å²) >= 11 is 0. The second kappa shape index (κ2) is 7.02. The summed E-state index contributed by atoms with van der Waals surface area (Å²) < 4.78 is 4.81. The van der Waals surface area contributed by atoms with Crippen molar-refractivity contribution in [3.05, 3.63) is 0 Å². The highest BCUT2D eigenvalue weighted by molar-refractivity contribution is 5.71. The second-order valence-electron chi connectivity index (χ2n) is 2.49. The van der Waals surface area contributed by atoms with E-state index in [1.54, 1.807) is 7.05 Å². The number of carbonyl (C=O) groups excluding carboxylic acids is 1. The Bertz CT molecular complexity index is 130. The van der Waals surface area contributed by atoms with Gasteiger partial charge in [0.1, 0.15) is 0 Å². The van der Waals surface area contributed by atoms with Crippen LogP contribution >= 0.6 is 0 Å². The van der Waals surface area contributed by atoms with Crippen LogP contribution in [-0.2, 0) is 9.53 Å². The fraction of sp³-hybridized carbons (Fsp3) is 0.857. The van der Waals surface area contributed by atoms with Crippen molar-refractivity contribution in [3.63, 3.8) is 0 Å². The Morgan fingerprint density at radius 2 is 2.33 bits per heavy atom. The molecule has 12 heavy (non-hydrogen) atoms. The van der Waals surface area contributed by atoms with Crippen LogP contribution in [0.5, 0.6) is 0 Å². The maximum atomic E-state index is 10.8. The largest absolute Gasteiger partial charge is 0.446 e. The molecule has 0 bridgehead atoms. The van der Waals surface area contributed by atoms with E-state index < -0.39 is 6.23 Å². The molecule has 1 unspecified atom stereocenters. The first-order chi connectivity index (χ1) is 5.70. The Labute approximate surface area is 72.4 Å². The zero-order chi connectivity index (χ0) is 9.40. The van der Waals surface area contributed by atoms with Crippen LogP contribution in [0.4, 0.5) is 0 Å². The van der Waals surface area contributed by atoms with Crippen molar-refractivity contribution in [1.82, 2.24) is 5.32 Å². The molecule has 0 aromatic carbocycles. The highest BCUT2D eigenvalue weighted by Crippen LogP contribution is 1.94. The third kappa shape index (κ3) is 6.09. The van der Waals surface area contributed by atoms with Crippen molar-refractivity contribution in [2.45, 2.75) is 19.1 Å². The van der Waals surface area contributed by atoms with Gasteiger partial charge in [-0.1, -0.05) is 0 Å². The molecule has 0 saturated carbocycles. The van der Waals surface area contributed by atoms with Crippen molar-refractivity contribution in [3.8, 4) is 0 Å². The van der Waals surface area contributed by atoms with Gasteiger partial charge in [0.05, 0.1) is 6.54 Å². The first kappa shape index (κ1) is 11.4. The van der Waals surface area contributed by atoms with Gasteiger partial charge in [0.2, 0.25) is 0 Å². The van der Waals surface area contributed by atoms with Gasteiger partial charge < -0.3 is 15.8 Å². The second-order valence-corrected chi connectivity index (χ2v) is 2.49. The minimum atomic E-state index is -0.519. The van der Waals surface area contributed by atoms with E-state index in [9.17, 15) is 4.79 Å². The third-order valence-electron chi connectivity index (χ3n) is 1.30. The maximum absolute atomic E-state index is 10.8. The summed E-state index contributed by atoms with van der Waals surface area (Å²) in [5.74, 6) is -0.331. The van der Waals surface area contributed by atoms with Crippen molar-refractivity contribution < 1.29 is 9.53 Å². The standard InChI is InChI=1S/C7H17N3O2/c1-10-5-7(11)12-6(9)3-2-4-8/h6,10H,2-5,8-9H2,1H3. The molecule has 5 heteroatoms. The molecule has 0 amide bonds. The fourth-order valence-electron chi connectivity index (χ4n) is 0.733. The van der Waals surface area contributed by atoms with E-state index >= 15 is 0 Å². The lowest BCUT2D eigenvalue weighted by Crippen LogP contribution is -2.31. The number of carbonyl (C=O) groups is 1. The minimum absolute atomic E-state index is 0.191. The van der Waals surface area contributed by atoms with Crippen molar-refractivity contribution in [1.29, 1.82) is 0 Å². The summed E-state index contributed by atoms with van der Waals surface area (Å²) in [5.41, 5.74) is 10.7. The van der Waals surface area contributed by atoms with Crippen LogP contribution in [-0.4, -0.2) is 32.3 Å². The van der Waals surface area contributed by atoms with Crippen LogP contribution in [0.2, 0.25) is 0 Å². The van der Waals surface area contributed by atoms with Gasteiger partial charge in [0, 0.05) is 0 Å². The SMILES string of the molecule is CNCC(=O)OC(N)CCCN. The summed E-state index contributed by atoms with van der Waals surface area (Å²) in [6.07, 6.45) is 0.870. The van der Waals surface area contributed by atoms with E-state index in [0.717, 1.165) is 6.42 Å². The van der Waals surface area contributed by atoms with Crippen LogP contribution in [0.15, 0.2) is 0 Å². The van der Waals surface area contributed by atoms with Gasteiger partial charge in [0.25, 0.3) is 0 Å². The summed E-state index contributed by atoms with van der Waals surface area (Å²) in [6.45, 7) is 0.758. The molecule has 5 nitrogen and oxygen atoms in total. The third-order valence-corrected chi connectivity index (χ3v) is 1.30. The Balaban J connectivity index is 3.40. The number of esters is 1. The molecule has 0 heterocycles. The number of likely N-dealkylation sites (N-methyl/N-ethyl adjacent to an activating group) is 1. The number of hydrogen-bond donors (Lipinski definition) is 3. The van der Waals surface area contributed by atoms with Crippen LogP contribution in [0.3, 0.4) is 0 Å². The van der Waals surface area contributed by atoms with Gasteiger partial charge in [-0.2, -0.15) is 0 Å². The molecule has 0 fully saturated rings. The smallest absolute Gasteiger partial charge is 0.321 e. The molecule has 1 atom stereocenters. The molecule has 72 valence electrons. The minimum Gasteiger partial charge on any atom is -0.446 e. The number of nitrogens with one attached hydrogen (secondary N) is 1. The van der Waals surface area contributed by atoms with E-state index in [1.165, 1.54) is 0 Å². The van der Waals surface area contributed by atoms with Gasteiger partial charge >= 0.3 is 5.97 Å². The molecule has 0 aromatic rings. The van der Waals surface area contributed by atoms with Crippen molar-refractivity contribution in [2.24, 2.45) is 11.5 Å². The molecule has 0 spiro atoms. The van der Waals surface area contributed by atoms with Gasteiger partial charge in [0.15, 0.2) is 6.23 Å². The predicted molar refractivity (Wildman–Crippen MR) is 46.3 cm³/mol. The van der Waals surface area contributed by atoms with Gasteiger partial charge in [-0.05, 0) is 26.4 Å². The number of ether oxygens (including phenoxy) is 1. The first-order valence-corrected chi connectivity index (χ1v) is 4.00. The number of rotatable bonds is 6. The van der Waals surface area contributed by atoms with Crippen LogP contribution in [0.1, 0.15) is 12.8 Å². The predicted octanol–water partition coefficient (Wildman–Crippen LogP) is -1.23. The zero-order valence-corrected chi connectivity index (χ0v) is 7.38. The van der Waals surface area contributed by atoms with Crippen LogP contribution < -0.4 is 16.8 Å². The first-order valence-electron chi connectivity index (χ1n) is 4.00. The van der Waals surface area contributed by atoms with E-state index in [0.29, 0.717) is 13.0 Å². The monoisotopic (exact) mass is 175 g/mol. The molecule has 0 aliphatic carbocycles. The molecule has 0 saturated heterocycles. The Morgan fingerprint density at radius 1 is 1.67 bits per heavy atom. The van der Waals surface area contributed by atoms with E-state index in [4.69, 9.17) is 16.2 Å². The molecule has 0 aliphatic rings. The topological polar surface area (TPSA) is 90.4 Å². The lowest BCUT2D eigenvalue weighted by Gasteiger charge is -2.11. The van der Waals surface area contributed by atoms with Crippen LogP contribution in [0, 0.1) is 0 Å². The fourth-order valence-corrected chi connectivity index (χ4v) is 0.733. The lowest BCUT2D eigenvalue weighted by atomic mass is 10.3. The number of hydrogen-bond acceptors (Lipinski definition) is 5. The summed E-state index contributed by atoms with van der Waals surface area (Å²) in [7, 11) is 1.67. The highest BCUT2D eigenvalue weighted by atomic mass is 16.6. The van der Waals surface area contributed by atoms with E-state index in [2.05, 4.69) is 5.32 Å². The Morgan fingerprint density at radius 3 is 2.83 bits per heavy atom. The molecule has 0 aliphatic heterocycles.